The van der Waals surface area contributed by atoms with Crippen LogP contribution in [0, 0.1) is 23.0 Å². The van der Waals surface area contributed by atoms with Gasteiger partial charge in [0.15, 0.2) is 11.0 Å². The molecule has 30 heavy (non-hydrogen) atoms. The Kier molecular flexibility index (Phi) is 5.46. The molecule has 2 aromatic rings. The standard InChI is InChI=1S/C19H16ClF2N7O/c20-17-15(22)11-24-18(26-17)27-3-5-28(6-4-27)19(30)29-16(1-2-25-29)13-7-12(10-23)8-14(21)9-13/h2,7-9,11,16H,1,3-6H2/t16-/m0/s1. The number of halogens is 3. The third-order valence-corrected chi connectivity index (χ3v) is 5.25. The second-order valence-electron chi connectivity index (χ2n) is 6.84. The van der Waals surface area contributed by atoms with Gasteiger partial charge >= 0.3 is 6.03 Å². The summed E-state index contributed by atoms with van der Waals surface area (Å²) in [5, 5.41) is 14.3. The Balaban J connectivity index is 1.44. The number of hydrogen-bond acceptors (Lipinski definition) is 6. The highest BCUT2D eigenvalue weighted by atomic mass is 35.5. The van der Waals surface area contributed by atoms with E-state index in [1.165, 1.54) is 11.1 Å². The summed E-state index contributed by atoms with van der Waals surface area (Å²) in [6.07, 6.45) is 3.05. The molecule has 1 fully saturated rings. The molecular formula is C19H16ClF2N7O. The second kappa shape index (κ2) is 8.20. The first-order valence-electron chi connectivity index (χ1n) is 9.20. The largest absolute Gasteiger partial charge is 0.341 e. The zero-order chi connectivity index (χ0) is 21.3. The minimum absolute atomic E-state index is 0.191. The van der Waals surface area contributed by atoms with Crippen molar-refractivity contribution in [2.75, 3.05) is 31.1 Å². The number of hydrogen-bond donors (Lipinski definition) is 0. The zero-order valence-corrected chi connectivity index (χ0v) is 16.4. The molecule has 0 aliphatic carbocycles. The third-order valence-electron chi connectivity index (χ3n) is 4.98. The van der Waals surface area contributed by atoms with Crippen LogP contribution in [0.4, 0.5) is 19.5 Å². The van der Waals surface area contributed by atoms with Crippen LogP contribution in [-0.4, -0.2) is 58.3 Å². The Morgan fingerprint density at radius 2 is 1.97 bits per heavy atom. The van der Waals surface area contributed by atoms with Crippen LogP contribution in [0.15, 0.2) is 29.5 Å². The number of anilines is 1. The van der Waals surface area contributed by atoms with E-state index in [0.29, 0.717) is 44.1 Å². The highest BCUT2D eigenvalue weighted by Gasteiger charge is 2.33. The molecule has 0 saturated carbocycles. The minimum Gasteiger partial charge on any atom is -0.337 e. The van der Waals surface area contributed by atoms with Crippen molar-refractivity contribution >= 4 is 29.8 Å². The van der Waals surface area contributed by atoms with E-state index in [-0.39, 0.29) is 16.7 Å². The molecule has 1 aromatic heterocycles. The topological polar surface area (TPSA) is 88.7 Å². The Hall–Kier alpha value is -3.32. The van der Waals surface area contributed by atoms with Crippen molar-refractivity contribution in [2.24, 2.45) is 5.10 Å². The minimum atomic E-state index is -0.691. The molecule has 3 heterocycles. The van der Waals surface area contributed by atoms with Crippen LogP contribution in [0.5, 0.6) is 0 Å². The summed E-state index contributed by atoms with van der Waals surface area (Å²) < 4.78 is 27.1. The maximum atomic E-state index is 13.9. The van der Waals surface area contributed by atoms with Crippen molar-refractivity contribution in [1.29, 1.82) is 5.26 Å². The Morgan fingerprint density at radius 3 is 2.67 bits per heavy atom. The fourth-order valence-corrected chi connectivity index (χ4v) is 3.60. The van der Waals surface area contributed by atoms with E-state index in [1.807, 2.05) is 11.0 Å². The number of urea groups is 1. The molecule has 11 heteroatoms. The van der Waals surface area contributed by atoms with E-state index in [2.05, 4.69) is 15.1 Å². The number of rotatable bonds is 2. The molecule has 0 N–H and O–H groups in total. The summed E-state index contributed by atoms with van der Waals surface area (Å²) in [6.45, 7) is 1.63. The van der Waals surface area contributed by atoms with Gasteiger partial charge in [-0.05, 0) is 23.8 Å². The smallest absolute Gasteiger partial charge is 0.337 e. The SMILES string of the molecule is N#Cc1cc(F)cc([C@@H]2CC=NN2C(=O)N2CCN(c3ncc(F)c(Cl)n3)CC2)c1. The van der Waals surface area contributed by atoms with Gasteiger partial charge in [-0.2, -0.15) is 15.3 Å². The normalized spacial score (nSPS) is 18.6. The van der Waals surface area contributed by atoms with Crippen molar-refractivity contribution in [1.82, 2.24) is 19.9 Å². The first-order valence-corrected chi connectivity index (χ1v) is 9.58. The van der Waals surface area contributed by atoms with Crippen LogP contribution in [-0.2, 0) is 0 Å². The van der Waals surface area contributed by atoms with E-state index < -0.39 is 17.7 Å². The lowest BCUT2D eigenvalue weighted by Gasteiger charge is -2.37. The number of hydrazone groups is 1. The summed E-state index contributed by atoms with van der Waals surface area (Å²) in [5.41, 5.74) is 0.710. The first-order chi connectivity index (χ1) is 14.5. The Labute approximate surface area is 176 Å². The molecular weight excluding hydrogens is 416 g/mol. The molecule has 0 bridgehead atoms. The number of aromatic nitrogens is 2. The molecule has 1 aromatic carbocycles. The Bertz CT molecular complexity index is 1050. The molecule has 0 unspecified atom stereocenters. The molecule has 4 rings (SSSR count). The zero-order valence-electron chi connectivity index (χ0n) is 15.7. The van der Waals surface area contributed by atoms with Crippen molar-refractivity contribution in [2.45, 2.75) is 12.5 Å². The van der Waals surface area contributed by atoms with Crippen molar-refractivity contribution in [3.05, 3.63) is 52.3 Å². The lowest BCUT2D eigenvalue weighted by molar-refractivity contribution is 0.139. The lowest BCUT2D eigenvalue weighted by Crippen LogP contribution is -2.52. The highest BCUT2D eigenvalue weighted by molar-refractivity contribution is 6.29. The monoisotopic (exact) mass is 431 g/mol. The van der Waals surface area contributed by atoms with Gasteiger partial charge in [0.05, 0.1) is 23.9 Å². The maximum Gasteiger partial charge on any atom is 0.341 e. The average molecular weight is 432 g/mol. The molecule has 2 aliphatic rings. The predicted octanol–water partition coefficient (Wildman–Crippen LogP) is 2.95. The van der Waals surface area contributed by atoms with Crippen LogP contribution in [0.1, 0.15) is 23.6 Å². The molecule has 0 radical (unpaired) electrons. The van der Waals surface area contributed by atoms with Crippen molar-refractivity contribution < 1.29 is 13.6 Å². The van der Waals surface area contributed by atoms with Gasteiger partial charge < -0.3 is 9.80 Å². The quantitative estimate of drug-likeness (QED) is 0.682. The van der Waals surface area contributed by atoms with Gasteiger partial charge in [0.25, 0.3) is 0 Å². The maximum absolute atomic E-state index is 13.9. The summed E-state index contributed by atoms with van der Waals surface area (Å²) in [4.78, 5) is 24.3. The molecule has 8 nitrogen and oxygen atoms in total. The fourth-order valence-electron chi connectivity index (χ4n) is 3.48. The van der Waals surface area contributed by atoms with E-state index in [9.17, 15) is 13.6 Å². The lowest BCUT2D eigenvalue weighted by atomic mass is 10.0. The van der Waals surface area contributed by atoms with Crippen LogP contribution in [0.3, 0.4) is 0 Å². The van der Waals surface area contributed by atoms with Crippen LogP contribution in [0.2, 0.25) is 5.15 Å². The summed E-state index contributed by atoms with van der Waals surface area (Å²) in [7, 11) is 0. The van der Waals surface area contributed by atoms with E-state index >= 15 is 0 Å². The van der Waals surface area contributed by atoms with Crippen LogP contribution < -0.4 is 4.90 Å². The molecule has 2 aliphatic heterocycles. The molecule has 154 valence electrons. The van der Waals surface area contributed by atoms with Gasteiger partial charge in [-0.15, -0.1) is 0 Å². The second-order valence-corrected chi connectivity index (χ2v) is 7.20. The van der Waals surface area contributed by atoms with Gasteiger partial charge in [0.2, 0.25) is 5.95 Å². The van der Waals surface area contributed by atoms with Gasteiger partial charge in [-0.3, -0.25) is 0 Å². The number of carbonyl (C=O) groups is 1. The molecule has 0 spiro atoms. The number of nitrogens with zero attached hydrogens (tertiary/aromatic N) is 7. The van der Waals surface area contributed by atoms with Gasteiger partial charge in [-0.1, -0.05) is 11.6 Å². The summed E-state index contributed by atoms with van der Waals surface area (Å²) in [5.74, 6) is -0.923. The fraction of sp³-hybridized carbons (Fsp3) is 0.316. The van der Waals surface area contributed by atoms with Crippen LogP contribution >= 0.6 is 11.6 Å². The molecule has 1 saturated heterocycles. The van der Waals surface area contributed by atoms with Crippen molar-refractivity contribution in [3.63, 3.8) is 0 Å². The molecule has 2 amide bonds. The van der Waals surface area contributed by atoms with Gasteiger partial charge in [0, 0.05) is 38.8 Å². The summed E-state index contributed by atoms with van der Waals surface area (Å²) >= 11 is 5.72. The van der Waals surface area contributed by atoms with Crippen LogP contribution in [0.25, 0.3) is 0 Å². The van der Waals surface area contributed by atoms with Gasteiger partial charge in [0.1, 0.15) is 5.82 Å². The predicted molar refractivity (Wildman–Crippen MR) is 105 cm³/mol. The van der Waals surface area contributed by atoms with E-state index in [4.69, 9.17) is 16.9 Å². The van der Waals surface area contributed by atoms with Gasteiger partial charge in [-0.25, -0.2) is 23.6 Å². The Morgan fingerprint density at radius 1 is 1.20 bits per heavy atom. The number of amides is 2. The first kappa shape index (κ1) is 20.0. The molecule has 1 atom stereocenters. The number of nitriles is 1. The third kappa shape index (κ3) is 3.89. The highest BCUT2D eigenvalue weighted by Crippen LogP contribution is 2.30. The summed E-state index contributed by atoms with van der Waals surface area (Å²) in [6, 6.07) is 5.16. The average Bonchev–Trinajstić information content (AvgIpc) is 3.25. The van der Waals surface area contributed by atoms with E-state index in [1.54, 1.807) is 17.2 Å². The number of piperazine rings is 1. The van der Waals surface area contributed by atoms with Crippen molar-refractivity contribution in [3.8, 4) is 6.07 Å². The number of carbonyl (C=O) groups excluding carboxylic acids is 1. The number of benzene rings is 1. The van der Waals surface area contributed by atoms with E-state index in [0.717, 1.165) is 12.3 Å².